The van der Waals surface area contributed by atoms with E-state index in [1.165, 1.54) is 0 Å². The zero-order valence-electron chi connectivity index (χ0n) is 13.0. The minimum atomic E-state index is -0.232. The number of rotatable bonds is 9. The van der Waals surface area contributed by atoms with E-state index in [2.05, 4.69) is 5.32 Å². The fourth-order valence-corrected chi connectivity index (χ4v) is 2.03. The quantitative estimate of drug-likeness (QED) is 0.683. The molecule has 0 rings (SSSR count). The zero-order chi connectivity index (χ0) is 14.8. The fourth-order valence-electron chi connectivity index (χ4n) is 2.03. The molecule has 112 valence electrons. The maximum absolute atomic E-state index is 12.0. The van der Waals surface area contributed by atoms with Gasteiger partial charge in [0.25, 0.3) is 0 Å². The van der Waals surface area contributed by atoms with Gasteiger partial charge in [-0.25, -0.2) is 0 Å². The van der Waals surface area contributed by atoms with Crippen LogP contribution in [0.3, 0.4) is 0 Å². The number of amides is 2. The van der Waals surface area contributed by atoms with Crippen molar-refractivity contribution < 1.29 is 9.59 Å². The Morgan fingerprint density at radius 2 is 1.42 bits per heavy atom. The van der Waals surface area contributed by atoms with E-state index in [9.17, 15) is 9.59 Å². The first-order chi connectivity index (χ1) is 9.01. The zero-order valence-corrected chi connectivity index (χ0v) is 13.0. The highest BCUT2D eigenvalue weighted by Crippen LogP contribution is 1.97. The standard InChI is InChI=1S/C14H29N3O2/c1-6-16(7-2)13(18)10-11-15-12(5)14(19)17(8-3)9-4/h12,15H,6-11H2,1-5H3. The molecule has 0 aromatic carbocycles. The predicted octanol–water partition coefficient (Wildman–Crippen LogP) is 1.09. The number of hydrogen-bond acceptors (Lipinski definition) is 3. The van der Waals surface area contributed by atoms with Crippen molar-refractivity contribution in [3.05, 3.63) is 0 Å². The van der Waals surface area contributed by atoms with Crippen LogP contribution in [0.5, 0.6) is 0 Å². The minimum absolute atomic E-state index is 0.0975. The molecule has 0 aromatic rings. The van der Waals surface area contributed by atoms with E-state index in [0.717, 1.165) is 26.2 Å². The Morgan fingerprint density at radius 1 is 0.947 bits per heavy atom. The molecule has 1 N–H and O–H groups in total. The number of carbonyl (C=O) groups is 2. The van der Waals surface area contributed by atoms with Crippen LogP contribution in [0.15, 0.2) is 0 Å². The van der Waals surface area contributed by atoms with Crippen LogP contribution in [0, 0.1) is 0 Å². The van der Waals surface area contributed by atoms with Gasteiger partial charge in [-0.15, -0.1) is 0 Å². The highest BCUT2D eigenvalue weighted by Gasteiger charge is 2.18. The third-order valence-electron chi connectivity index (χ3n) is 3.35. The average molecular weight is 271 g/mol. The first kappa shape index (κ1) is 17.9. The average Bonchev–Trinajstić information content (AvgIpc) is 2.41. The molecule has 0 bridgehead atoms. The summed E-state index contributed by atoms with van der Waals surface area (Å²) in [6, 6.07) is -0.232. The smallest absolute Gasteiger partial charge is 0.239 e. The van der Waals surface area contributed by atoms with E-state index >= 15 is 0 Å². The molecule has 0 aliphatic heterocycles. The molecule has 0 fully saturated rings. The van der Waals surface area contributed by atoms with E-state index in [0.29, 0.717) is 13.0 Å². The number of nitrogens with zero attached hydrogens (tertiary/aromatic N) is 2. The lowest BCUT2D eigenvalue weighted by Crippen LogP contribution is -2.45. The largest absolute Gasteiger partial charge is 0.343 e. The van der Waals surface area contributed by atoms with E-state index in [1.807, 2.05) is 34.6 Å². The molecular formula is C14H29N3O2. The van der Waals surface area contributed by atoms with Crippen molar-refractivity contribution in [2.75, 3.05) is 32.7 Å². The van der Waals surface area contributed by atoms with Gasteiger partial charge >= 0.3 is 0 Å². The summed E-state index contributed by atoms with van der Waals surface area (Å²) in [7, 11) is 0. The van der Waals surface area contributed by atoms with Gasteiger partial charge < -0.3 is 15.1 Å². The van der Waals surface area contributed by atoms with Crippen LogP contribution in [0.2, 0.25) is 0 Å². The van der Waals surface area contributed by atoms with Crippen LogP contribution < -0.4 is 5.32 Å². The van der Waals surface area contributed by atoms with E-state index in [-0.39, 0.29) is 17.9 Å². The molecule has 1 unspecified atom stereocenters. The van der Waals surface area contributed by atoms with Gasteiger partial charge in [0.2, 0.25) is 11.8 Å². The molecular weight excluding hydrogens is 242 g/mol. The Bertz CT molecular complexity index is 274. The van der Waals surface area contributed by atoms with Crippen molar-refractivity contribution in [1.82, 2.24) is 15.1 Å². The van der Waals surface area contributed by atoms with Crippen molar-refractivity contribution >= 4 is 11.8 Å². The molecule has 0 saturated heterocycles. The van der Waals surface area contributed by atoms with Gasteiger partial charge in [0.15, 0.2) is 0 Å². The van der Waals surface area contributed by atoms with Crippen LogP contribution in [-0.2, 0) is 9.59 Å². The first-order valence-electron chi connectivity index (χ1n) is 7.31. The predicted molar refractivity (Wildman–Crippen MR) is 77.9 cm³/mol. The lowest BCUT2D eigenvalue weighted by Gasteiger charge is -2.24. The summed E-state index contributed by atoms with van der Waals surface area (Å²) < 4.78 is 0. The van der Waals surface area contributed by atoms with Gasteiger partial charge in [-0.3, -0.25) is 9.59 Å². The second-order valence-corrected chi connectivity index (χ2v) is 4.50. The second kappa shape index (κ2) is 9.78. The SMILES string of the molecule is CCN(CC)C(=O)CCNC(C)C(=O)N(CC)CC. The molecule has 0 aliphatic carbocycles. The molecule has 2 amide bonds. The van der Waals surface area contributed by atoms with Gasteiger partial charge in [0.1, 0.15) is 0 Å². The molecule has 1 atom stereocenters. The normalized spacial score (nSPS) is 12.1. The highest BCUT2D eigenvalue weighted by atomic mass is 16.2. The summed E-state index contributed by atoms with van der Waals surface area (Å²) in [6.45, 7) is 13.2. The Morgan fingerprint density at radius 3 is 1.84 bits per heavy atom. The Labute approximate surface area is 117 Å². The summed E-state index contributed by atoms with van der Waals surface area (Å²) in [5, 5.41) is 3.13. The second-order valence-electron chi connectivity index (χ2n) is 4.50. The Kier molecular flexibility index (Phi) is 9.21. The molecule has 0 saturated carbocycles. The lowest BCUT2D eigenvalue weighted by atomic mass is 10.2. The monoisotopic (exact) mass is 271 g/mol. The van der Waals surface area contributed by atoms with E-state index < -0.39 is 0 Å². The molecule has 19 heavy (non-hydrogen) atoms. The van der Waals surface area contributed by atoms with Crippen molar-refractivity contribution in [2.45, 2.75) is 47.1 Å². The lowest BCUT2D eigenvalue weighted by molar-refractivity contribution is -0.133. The summed E-state index contributed by atoms with van der Waals surface area (Å²) in [5.41, 5.74) is 0. The van der Waals surface area contributed by atoms with Crippen molar-refractivity contribution in [2.24, 2.45) is 0 Å². The summed E-state index contributed by atoms with van der Waals surface area (Å²) in [5.74, 6) is 0.236. The molecule has 5 heteroatoms. The van der Waals surface area contributed by atoms with Crippen LogP contribution in [0.1, 0.15) is 41.0 Å². The number of nitrogens with one attached hydrogen (secondary N) is 1. The topological polar surface area (TPSA) is 52.7 Å². The fraction of sp³-hybridized carbons (Fsp3) is 0.857. The number of likely N-dealkylation sites (N-methyl/N-ethyl adjacent to an activating group) is 1. The number of hydrogen-bond donors (Lipinski definition) is 1. The van der Waals surface area contributed by atoms with Gasteiger partial charge in [-0.2, -0.15) is 0 Å². The van der Waals surface area contributed by atoms with Gasteiger partial charge in [0, 0.05) is 39.1 Å². The molecule has 0 spiro atoms. The molecule has 0 aromatic heterocycles. The van der Waals surface area contributed by atoms with Gasteiger partial charge in [-0.05, 0) is 34.6 Å². The Balaban J connectivity index is 4.06. The summed E-state index contributed by atoms with van der Waals surface area (Å²) in [6.07, 6.45) is 0.442. The van der Waals surface area contributed by atoms with Crippen LogP contribution >= 0.6 is 0 Å². The molecule has 0 heterocycles. The van der Waals surface area contributed by atoms with Crippen molar-refractivity contribution in [1.29, 1.82) is 0 Å². The van der Waals surface area contributed by atoms with Crippen LogP contribution in [0.25, 0.3) is 0 Å². The third kappa shape index (κ3) is 6.05. The van der Waals surface area contributed by atoms with Gasteiger partial charge in [-0.1, -0.05) is 0 Å². The summed E-state index contributed by atoms with van der Waals surface area (Å²) >= 11 is 0. The number of carbonyl (C=O) groups excluding carboxylic acids is 2. The minimum Gasteiger partial charge on any atom is -0.343 e. The van der Waals surface area contributed by atoms with Crippen LogP contribution in [0.4, 0.5) is 0 Å². The maximum Gasteiger partial charge on any atom is 0.239 e. The van der Waals surface area contributed by atoms with Gasteiger partial charge in [0.05, 0.1) is 6.04 Å². The van der Waals surface area contributed by atoms with Crippen molar-refractivity contribution in [3.63, 3.8) is 0 Å². The first-order valence-corrected chi connectivity index (χ1v) is 7.31. The molecule has 5 nitrogen and oxygen atoms in total. The van der Waals surface area contributed by atoms with Crippen LogP contribution in [-0.4, -0.2) is 60.4 Å². The van der Waals surface area contributed by atoms with E-state index in [1.54, 1.807) is 9.80 Å². The maximum atomic E-state index is 12.0. The van der Waals surface area contributed by atoms with Crippen molar-refractivity contribution in [3.8, 4) is 0 Å². The molecule has 0 radical (unpaired) electrons. The molecule has 0 aliphatic rings. The summed E-state index contributed by atoms with van der Waals surface area (Å²) in [4.78, 5) is 27.4. The Hall–Kier alpha value is -1.10. The third-order valence-corrected chi connectivity index (χ3v) is 3.35. The van der Waals surface area contributed by atoms with E-state index in [4.69, 9.17) is 0 Å². The highest BCUT2D eigenvalue weighted by molar-refractivity contribution is 5.81.